The summed E-state index contributed by atoms with van der Waals surface area (Å²) in [5.41, 5.74) is 0.506. The van der Waals surface area contributed by atoms with Crippen LogP contribution in [0.2, 0.25) is 0 Å². The van der Waals surface area contributed by atoms with Crippen LogP contribution in [0, 0.1) is 0 Å². The van der Waals surface area contributed by atoms with E-state index in [1.807, 2.05) is 19.0 Å². The van der Waals surface area contributed by atoms with Crippen molar-refractivity contribution < 1.29 is 4.52 Å². The second-order valence-corrected chi connectivity index (χ2v) is 5.52. The summed E-state index contributed by atoms with van der Waals surface area (Å²) in [5, 5.41) is 11.0. The Labute approximate surface area is 130 Å². The number of halogens is 1. The minimum absolute atomic E-state index is 0.151. The smallest absolute Gasteiger partial charge is 0.283 e. The predicted molar refractivity (Wildman–Crippen MR) is 81.2 cm³/mol. The zero-order chi connectivity index (χ0) is 15.2. The van der Waals surface area contributed by atoms with Gasteiger partial charge >= 0.3 is 0 Å². The third kappa shape index (κ3) is 4.36. The van der Waals surface area contributed by atoms with Crippen LogP contribution < -0.4 is 10.9 Å². The Morgan fingerprint density at radius 3 is 2.95 bits per heavy atom. The average molecular weight is 357 g/mol. The van der Waals surface area contributed by atoms with Gasteiger partial charge in [-0.15, -0.1) is 0 Å². The summed E-state index contributed by atoms with van der Waals surface area (Å²) in [4.78, 5) is 18.1. The summed E-state index contributed by atoms with van der Waals surface area (Å²) in [5.74, 6) is 0.617. The molecule has 0 radical (unpaired) electrons. The van der Waals surface area contributed by atoms with E-state index in [4.69, 9.17) is 0 Å². The quantitative estimate of drug-likeness (QED) is 0.776. The highest BCUT2D eigenvalue weighted by atomic mass is 79.9. The van der Waals surface area contributed by atoms with Gasteiger partial charge in [-0.3, -0.25) is 4.79 Å². The van der Waals surface area contributed by atoms with Gasteiger partial charge in [0.05, 0.1) is 18.4 Å². The van der Waals surface area contributed by atoms with Crippen LogP contribution in [0.25, 0.3) is 0 Å². The van der Waals surface area contributed by atoms with E-state index in [1.165, 1.54) is 11.1 Å². The van der Waals surface area contributed by atoms with Gasteiger partial charge in [0.25, 0.3) is 5.56 Å². The lowest BCUT2D eigenvalue weighted by molar-refractivity contribution is 0.367. The highest BCUT2D eigenvalue weighted by molar-refractivity contribution is 9.10. The standard InChI is InChI=1S/C12H17BrN6O2/c1-18(2)5-6-19-12(20)11(13)9(7-16-19)14-4-3-10-15-8-21-17-10/h7-8,14H,3-6H2,1-2H3. The number of hydrogen-bond donors (Lipinski definition) is 1. The average Bonchev–Trinajstić information content (AvgIpc) is 2.95. The first-order chi connectivity index (χ1) is 10.1. The number of anilines is 1. The molecule has 0 spiro atoms. The maximum atomic E-state index is 12.1. The number of rotatable bonds is 7. The molecule has 0 aliphatic rings. The molecule has 2 aromatic heterocycles. The topological polar surface area (TPSA) is 89.1 Å². The Morgan fingerprint density at radius 1 is 1.48 bits per heavy atom. The first-order valence-electron chi connectivity index (χ1n) is 6.47. The Balaban J connectivity index is 1.97. The molecule has 0 saturated carbocycles. The van der Waals surface area contributed by atoms with E-state index in [0.29, 0.717) is 35.5 Å². The lowest BCUT2D eigenvalue weighted by Gasteiger charge is -2.12. The van der Waals surface area contributed by atoms with E-state index < -0.39 is 0 Å². The Morgan fingerprint density at radius 2 is 2.29 bits per heavy atom. The highest BCUT2D eigenvalue weighted by Gasteiger charge is 2.09. The number of nitrogens with one attached hydrogen (secondary N) is 1. The fourth-order valence-corrected chi connectivity index (χ4v) is 2.10. The second kappa shape index (κ2) is 7.32. The summed E-state index contributed by atoms with van der Waals surface area (Å²) in [6.45, 7) is 1.89. The Bertz CT molecular complexity index is 625. The van der Waals surface area contributed by atoms with E-state index in [9.17, 15) is 4.79 Å². The molecule has 0 aromatic carbocycles. The molecule has 0 fully saturated rings. The van der Waals surface area contributed by atoms with Crippen molar-refractivity contribution in [1.82, 2.24) is 24.8 Å². The van der Waals surface area contributed by atoms with Crippen molar-refractivity contribution in [2.24, 2.45) is 0 Å². The van der Waals surface area contributed by atoms with Crippen LogP contribution in [0.5, 0.6) is 0 Å². The molecule has 0 aliphatic carbocycles. The molecule has 0 unspecified atom stereocenters. The molecule has 21 heavy (non-hydrogen) atoms. The molecule has 0 aliphatic heterocycles. The van der Waals surface area contributed by atoms with Gasteiger partial charge in [-0.05, 0) is 30.0 Å². The van der Waals surface area contributed by atoms with Crippen molar-refractivity contribution in [3.63, 3.8) is 0 Å². The van der Waals surface area contributed by atoms with Crippen molar-refractivity contribution in [2.75, 3.05) is 32.5 Å². The number of nitrogens with zero attached hydrogens (tertiary/aromatic N) is 5. The van der Waals surface area contributed by atoms with Crippen LogP contribution in [-0.4, -0.2) is 52.0 Å². The van der Waals surface area contributed by atoms with Gasteiger partial charge in [-0.2, -0.15) is 10.1 Å². The molecule has 0 saturated heterocycles. The summed E-state index contributed by atoms with van der Waals surface area (Å²) >= 11 is 3.32. The van der Waals surface area contributed by atoms with Crippen LogP contribution in [0.3, 0.4) is 0 Å². The molecule has 2 heterocycles. The van der Waals surface area contributed by atoms with Crippen molar-refractivity contribution in [1.29, 1.82) is 0 Å². The van der Waals surface area contributed by atoms with Crippen LogP contribution >= 0.6 is 15.9 Å². The van der Waals surface area contributed by atoms with Crippen molar-refractivity contribution in [3.8, 4) is 0 Å². The summed E-state index contributed by atoms with van der Waals surface area (Å²) in [7, 11) is 3.90. The third-order valence-corrected chi connectivity index (χ3v) is 3.58. The minimum Gasteiger partial charge on any atom is -0.382 e. The summed E-state index contributed by atoms with van der Waals surface area (Å²) < 4.78 is 6.57. The maximum Gasteiger partial charge on any atom is 0.283 e. The number of hydrogen-bond acceptors (Lipinski definition) is 7. The highest BCUT2D eigenvalue weighted by Crippen LogP contribution is 2.15. The van der Waals surface area contributed by atoms with Crippen LogP contribution in [0.15, 0.2) is 26.4 Å². The number of aromatic nitrogens is 4. The monoisotopic (exact) mass is 356 g/mol. The molecule has 9 heteroatoms. The van der Waals surface area contributed by atoms with Crippen LogP contribution in [0.4, 0.5) is 5.69 Å². The first kappa shape index (κ1) is 15.6. The molecular weight excluding hydrogens is 340 g/mol. The Hall–Kier alpha value is -1.74. The predicted octanol–water partition coefficient (Wildman–Crippen LogP) is 0.605. The largest absolute Gasteiger partial charge is 0.382 e. The van der Waals surface area contributed by atoms with Crippen molar-refractivity contribution in [3.05, 3.63) is 33.2 Å². The summed E-state index contributed by atoms with van der Waals surface area (Å²) in [6.07, 6.45) is 3.53. The molecule has 2 aromatic rings. The molecule has 0 amide bonds. The van der Waals surface area contributed by atoms with E-state index in [-0.39, 0.29) is 5.56 Å². The molecule has 0 bridgehead atoms. The fourth-order valence-electron chi connectivity index (χ4n) is 1.65. The van der Waals surface area contributed by atoms with Crippen molar-refractivity contribution >= 4 is 21.6 Å². The van der Waals surface area contributed by atoms with E-state index in [1.54, 1.807) is 6.20 Å². The minimum atomic E-state index is -0.151. The van der Waals surface area contributed by atoms with Gasteiger partial charge < -0.3 is 14.7 Å². The van der Waals surface area contributed by atoms with Crippen LogP contribution in [-0.2, 0) is 13.0 Å². The molecular formula is C12H17BrN6O2. The molecule has 114 valence electrons. The van der Waals surface area contributed by atoms with Gasteiger partial charge in [0.2, 0.25) is 6.39 Å². The lowest BCUT2D eigenvalue weighted by atomic mass is 10.4. The maximum absolute atomic E-state index is 12.1. The SMILES string of the molecule is CN(C)CCn1ncc(NCCc2ncon2)c(Br)c1=O. The van der Waals surface area contributed by atoms with Gasteiger partial charge in [-0.1, -0.05) is 5.16 Å². The van der Waals surface area contributed by atoms with E-state index in [2.05, 4.69) is 41.0 Å². The van der Waals surface area contributed by atoms with Gasteiger partial charge in [-0.25, -0.2) is 4.68 Å². The fraction of sp³-hybridized carbons (Fsp3) is 0.500. The van der Waals surface area contributed by atoms with Crippen molar-refractivity contribution in [2.45, 2.75) is 13.0 Å². The van der Waals surface area contributed by atoms with E-state index >= 15 is 0 Å². The second-order valence-electron chi connectivity index (χ2n) is 4.73. The molecule has 2 rings (SSSR count). The van der Waals surface area contributed by atoms with Gasteiger partial charge in [0.15, 0.2) is 5.82 Å². The third-order valence-electron chi connectivity index (χ3n) is 2.81. The lowest BCUT2D eigenvalue weighted by Crippen LogP contribution is -2.29. The molecule has 0 atom stereocenters. The molecule has 8 nitrogen and oxygen atoms in total. The zero-order valence-electron chi connectivity index (χ0n) is 11.9. The first-order valence-corrected chi connectivity index (χ1v) is 7.26. The van der Waals surface area contributed by atoms with Crippen LogP contribution in [0.1, 0.15) is 5.82 Å². The van der Waals surface area contributed by atoms with Gasteiger partial charge in [0, 0.05) is 19.5 Å². The van der Waals surface area contributed by atoms with E-state index in [0.717, 1.165) is 6.54 Å². The molecule has 1 N–H and O–H groups in total. The van der Waals surface area contributed by atoms with Gasteiger partial charge in [0.1, 0.15) is 4.47 Å². The Kier molecular flexibility index (Phi) is 5.45. The summed E-state index contributed by atoms with van der Waals surface area (Å²) in [6, 6.07) is 0. The number of likely N-dealkylation sites (N-methyl/N-ethyl adjacent to an activating group) is 1. The normalized spacial score (nSPS) is 11.0. The zero-order valence-corrected chi connectivity index (χ0v) is 13.5.